The highest BCUT2D eigenvalue weighted by Crippen LogP contribution is 2.71. The minimum atomic E-state index is -1.85. The lowest BCUT2D eigenvalue weighted by Gasteiger charge is -2.62. The number of hydrogen-bond donors (Lipinski definition) is 1. The average molecular weight is 553 g/mol. The first-order valence-corrected chi connectivity index (χ1v) is 14.6. The number of aromatic nitrogens is 1. The SMILES string of the molecule is CC1CC2C3CCC4=CC(=O)C=CC4(C)C3(F)C(O)CC2(C)C1c1csc(N(C)C(=O)c2ccc(F)cc2)n1. The molecule has 0 bridgehead atoms. The summed E-state index contributed by atoms with van der Waals surface area (Å²) in [5.41, 5.74) is -1.17. The quantitative estimate of drug-likeness (QED) is 0.488. The molecule has 6 rings (SSSR count). The summed E-state index contributed by atoms with van der Waals surface area (Å²) in [6, 6.07) is 5.45. The van der Waals surface area contributed by atoms with Gasteiger partial charge < -0.3 is 5.11 Å². The fourth-order valence-corrected chi connectivity index (χ4v) is 9.48. The third kappa shape index (κ3) is 3.67. The molecule has 8 heteroatoms. The van der Waals surface area contributed by atoms with Crippen molar-refractivity contribution in [1.29, 1.82) is 0 Å². The van der Waals surface area contributed by atoms with Gasteiger partial charge in [-0.3, -0.25) is 14.5 Å². The monoisotopic (exact) mass is 552 g/mol. The van der Waals surface area contributed by atoms with Crippen LogP contribution in [0.1, 0.15) is 68.4 Å². The van der Waals surface area contributed by atoms with E-state index in [1.165, 1.54) is 46.6 Å². The van der Waals surface area contributed by atoms with E-state index in [4.69, 9.17) is 4.98 Å². The third-order valence-electron chi connectivity index (χ3n) is 10.5. The molecular formula is C31H34F2N2O3S. The molecule has 4 aliphatic carbocycles. The van der Waals surface area contributed by atoms with Gasteiger partial charge in [0.1, 0.15) is 5.82 Å². The number of ketones is 1. The lowest BCUT2D eigenvalue weighted by atomic mass is 9.45. The van der Waals surface area contributed by atoms with E-state index in [0.717, 1.165) is 17.7 Å². The summed E-state index contributed by atoms with van der Waals surface area (Å²) in [5.74, 6) is -0.837. The number of carbonyl (C=O) groups excluding carboxylic acids is 2. The van der Waals surface area contributed by atoms with Gasteiger partial charge in [-0.2, -0.15) is 0 Å². The molecule has 0 saturated heterocycles. The zero-order chi connectivity index (χ0) is 27.9. The van der Waals surface area contributed by atoms with Gasteiger partial charge in [-0.05, 0) is 86.3 Å². The maximum absolute atomic E-state index is 17.4. The molecule has 1 aromatic carbocycles. The van der Waals surface area contributed by atoms with Crippen LogP contribution in [0, 0.1) is 34.4 Å². The van der Waals surface area contributed by atoms with E-state index >= 15 is 4.39 Å². The molecule has 0 spiro atoms. The molecule has 4 aliphatic rings. The van der Waals surface area contributed by atoms with Gasteiger partial charge in [0, 0.05) is 35.2 Å². The van der Waals surface area contributed by atoms with Crippen LogP contribution in [0.4, 0.5) is 13.9 Å². The molecule has 206 valence electrons. The Kier molecular flexibility index (Phi) is 6.05. The maximum atomic E-state index is 17.4. The summed E-state index contributed by atoms with van der Waals surface area (Å²) in [5, 5.41) is 14.1. The van der Waals surface area contributed by atoms with Gasteiger partial charge >= 0.3 is 0 Å². The van der Waals surface area contributed by atoms with Crippen LogP contribution in [-0.2, 0) is 4.79 Å². The van der Waals surface area contributed by atoms with Gasteiger partial charge in [0.05, 0.1) is 11.8 Å². The number of rotatable bonds is 3. The van der Waals surface area contributed by atoms with E-state index in [-0.39, 0.29) is 40.8 Å². The Balaban J connectivity index is 1.31. The Hall–Kier alpha value is -2.71. The highest BCUT2D eigenvalue weighted by molar-refractivity contribution is 7.14. The standard InChI is InChI=1S/C31H34F2N2O3S/c1-17-13-23-22-10-7-19-14-21(36)11-12-30(19,3)31(22,33)25(37)15-29(23,2)26(17)24-16-39-28(34-24)35(4)27(38)18-5-8-20(32)9-6-18/h5-6,8-9,11-12,14,16-17,22-23,25-26,37H,7,10,13,15H2,1-4H3. The number of hydrogen-bond acceptors (Lipinski definition) is 5. The van der Waals surface area contributed by atoms with Crippen molar-refractivity contribution in [3.8, 4) is 0 Å². The van der Waals surface area contributed by atoms with Crippen LogP contribution >= 0.6 is 11.3 Å². The van der Waals surface area contributed by atoms with Crippen molar-refractivity contribution >= 4 is 28.2 Å². The number of halogens is 2. The van der Waals surface area contributed by atoms with Crippen LogP contribution in [0.5, 0.6) is 0 Å². The Bertz CT molecular complexity index is 1400. The molecule has 1 N–H and O–H groups in total. The van der Waals surface area contributed by atoms with Crippen LogP contribution < -0.4 is 4.90 Å². The molecule has 1 amide bonds. The van der Waals surface area contributed by atoms with Crippen molar-refractivity contribution in [2.45, 2.75) is 64.1 Å². The number of carbonyl (C=O) groups is 2. The second-order valence-corrected chi connectivity index (χ2v) is 13.3. The fraction of sp³-hybridized carbons (Fsp3) is 0.516. The first-order valence-electron chi connectivity index (χ1n) is 13.7. The van der Waals surface area contributed by atoms with Crippen molar-refractivity contribution in [3.05, 3.63) is 70.5 Å². The number of aliphatic hydroxyl groups is 1. The van der Waals surface area contributed by atoms with Gasteiger partial charge in [-0.15, -0.1) is 11.3 Å². The molecule has 1 heterocycles. The van der Waals surface area contributed by atoms with Gasteiger partial charge in [0.25, 0.3) is 5.91 Å². The molecule has 0 aliphatic heterocycles. The second kappa shape index (κ2) is 8.90. The molecule has 8 atom stereocenters. The summed E-state index contributed by atoms with van der Waals surface area (Å²) >= 11 is 1.38. The highest BCUT2D eigenvalue weighted by atomic mass is 32.1. The zero-order valence-electron chi connectivity index (χ0n) is 22.7. The molecule has 2 aromatic rings. The van der Waals surface area contributed by atoms with Crippen molar-refractivity contribution < 1.29 is 23.5 Å². The third-order valence-corrected chi connectivity index (χ3v) is 11.4. The number of anilines is 1. The van der Waals surface area contributed by atoms with E-state index in [0.29, 0.717) is 30.0 Å². The summed E-state index contributed by atoms with van der Waals surface area (Å²) < 4.78 is 30.7. The molecular weight excluding hydrogens is 518 g/mol. The largest absolute Gasteiger partial charge is 0.390 e. The predicted octanol–water partition coefficient (Wildman–Crippen LogP) is 6.26. The molecule has 3 saturated carbocycles. The van der Waals surface area contributed by atoms with Crippen LogP contribution in [-0.4, -0.2) is 40.6 Å². The van der Waals surface area contributed by atoms with Crippen LogP contribution in [0.15, 0.2) is 53.4 Å². The zero-order valence-corrected chi connectivity index (χ0v) is 23.5. The lowest BCUT2D eigenvalue weighted by molar-refractivity contribution is -0.191. The number of alkyl halides is 1. The van der Waals surface area contributed by atoms with Crippen LogP contribution in [0.3, 0.4) is 0 Å². The number of aliphatic hydroxyl groups excluding tert-OH is 1. The smallest absolute Gasteiger partial charge is 0.259 e. The van der Waals surface area contributed by atoms with E-state index in [2.05, 4.69) is 13.8 Å². The van der Waals surface area contributed by atoms with Crippen molar-refractivity contribution in [1.82, 2.24) is 4.98 Å². The Morgan fingerprint density at radius 3 is 2.64 bits per heavy atom. The number of amides is 1. The van der Waals surface area contributed by atoms with Crippen molar-refractivity contribution in [2.75, 3.05) is 11.9 Å². The normalized spacial score (nSPS) is 39.0. The van der Waals surface area contributed by atoms with E-state index < -0.39 is 23.0 Å². The van der Waals surface area contributed by atoms with Crippen molar-refractivity contribution in [2.24, 2.45) is 28.6 Å². The molecule has 39 heavy (non-hydrogen) atoms. The Morgan fingerprint density at radius 1 is 1.21 bits per heavy atom. The minimum absolute atomic E-state index is 0.00856. The average Bonchev–Trinajstić information content (AvgIpc) is 3.46. The Morgan fingerprint density at radius 2 is 1.92 bits per heavy atom. The summed E-state index contributed by atoms with van der Waals surface area (Å²) in [6.45, 7) is 6.20. The fourth-order valence-electron chi connectivity index (χ4n) is 8.65. The van der Waals surface area contributed by atoms with E-state index in [9.17, 15) is 19.1 Å². The van der Waals surface area contributed by atoms with E-state index in [1.807, 2.05) is 12.3 Å². The first kappa shape index (κ1) is 26.5. The van der Waals surface area contributed by atoms with Gasteiger partial charge in [0.2, 0.25) is 0 Å². The van der Waals surface area contributed by atoms with Crippen LogP contribution in [0.2, 0.25) is 0 Å². The second-order valence-electron chi connectivity index (χ2n) is 12.5. The molecule has 3 fully saturated rings. The summed E-state index contributed by atoms with van der Waals surface area (Å²) in [6.07, 6.45) is 5.93. The first-order chi connectivity index (χ1) is 18.4. The molecule has 0 radical (unpaired) electrons. The number of nitrogens with zero attached hydrogens (tertiary/aromatic N) is 2. The van der Waals surface area contributed by atoms with Gasteiger partial charge in [0.15, 0.2) is 16.6 Å². The molecule has 5 nitrogen and oxygen atoms in total. The topological polar surface area (TPSA) is 70.5 Å². The molecule has 8 unspecified atom stereocenters. The maximum Gasteiger partial charge on any atom is 0.259 e. The Labute approximate surface area is 231 Å². The lowest BCUT2D eigenvalue weighted by Crippen LogP contribution is -2.66. The van der Waals surface area contributed by atoms with Gasteiger partial charge in [-0.1, -0.05) is 25.5 Å². The number of benzene rings is 1. The number of thiazole rings is 1. The summed E-state index contributed by atoms with van der Waals surface area (Å²) in [4.78, 5) is 31.5. The predicted molar refractivity (Wildman–Crippen MR) is 147 cm³/mol. The van der Waals surface area contributed by atoms with E-state index in [1.54, 1.807) is 19.2 Å². The minimum Gasteiger partial charge on any atom is -0.390 e. The van der Waals surface area contributed by atoms with Gasteiger partial charge in [-0.25, -0.2) is 13.8 Å². The number of allylic oxidation sites excluding steroid dienone is 4. The van der Waals surface area contributed by atoms with Crippen molar-refractivity contribution in [3.63, 3.8) is 0 Å². The highest BCUT2D eigenvalue weighted by Gasteiger charge is 2.71. The van der Waals surface area contributed by atoms with Crippen LogP contribution in [0.25, 0.3) is 0 Å². The summed E-state index contributed by atoms with van der Waals surface area (Å²) in [7, 11) is 1.66. The number of fused-ring (bicyclic) bond motifs is 5. The molecule has 1 aromatic heterocycles.